The molecule has 1 saturated carbocycles. The van der Waals surface area contributed by atoms with Gasteiger partial charge in [0.2, 0.25) is 11.8 Å². The minimum absolute atomic E-state index is 0.0649. The number of nitrogens with one attached hydrogen (secondary N) is 2. The predicted octanol–water partition coefficient (Wildman–Crippen LogP) is 4.54. The van der Waals surface area contributed by atoms with Gasteiger partial charge in [0.1, 0.15) is 0 Å². The van der Waals surface area contributed by atoms with Gasteiger partial charge in [0, 0.05) is 11.4 Å². The third-order valence-corrected chi connectivity index (χ3v) is 4.70. The Labute approximate surface area is 154 Å². The third-order valence-electron chi connectivity index (χ3n) is 4.70. The topological polar surface area (TPSA) is 58.2 Å². The highest BCUT2D eigenvalue weighted by Gasteiger charge is 2.48. The molecule has 2 aromatic carbocycles. The lowest BCUT2D eigenvalue weighted by molar-refractivity contribution is -0.137. The minimum Gasteiger partial charge on any atom is -0.326 e. The van der Waals surface area contributed by atoms with Gasteiger partial charge >= 0.3 is 6.18 Å². The summed E-state index contributed by atoms with van der Waals surface area (Å²) in [6, 6.07) is 9.98. The van der Waals surface area contributed by atoms with Gasteiger partial charge in [0.25, 0.3) is 0 Å². The SMILES string of the molecule is Cc1ccc(NC(=O)C2CC2C(=O)Nc2cccc(C(F)(F)F)c2)cc1C. The zero-order valence-corrected chi connectivity index (χ0v) is 14.9. The van der Waals surface area contributed by atoms with Crippen LogP contribution in [0.15, 0.2) is 42.5 Å². The number of halogens is 3. The predicted molar refractivity (Wildman–Crippen MR) is 96.2 cm³/mol. The summed E-state index contributed by atoms with van der Waals surface area (Å²) < 4.78 is 38.2. The molecule has 2 aromatic rings. The van der Waals surface area contributed by atoms with E-state index in [1.807, 2.05) is 26.0 Å². The van der Waals surface area contributed by atoms with Crippen LogP contribution in [0.1, 0.15) is 23.1 Å². The highest BCUT2D eigenvalue weighted by molar-refractivity contribution is 6.03. The Hall–Kier alpha value is -2.83. The molecule has 2 N–H and O–H groups in total. The maximum absolute atomic E-state index is 12.7. The summed E-state index contributed by atoms with van der Waals surface area (Å²) in [5.41, 5.74) is 2.04. The lowest BCUT2D eigenvalue weighted by atomic mass is 10.1. The maximum Gasteiger partial charge on any atom is 0.416 e. The zero-order valence-electron chi connectivity index (χ0n) is 14.9. The van der Waals surface area contributed by atoms with Crippen molar-refractivity contribution in [2.75, 3.05) is 10.6 Å². The summed E-state index contributed by atoms with van der Waals surface area (Å²) in [6.45, 7) is 3.91. The first kappa shape index (κ1) is 18.9. The molecule has 1 aliphatic carbocycles. The minimum atomic E-state index is -4.48. The van der Waals surface area contributed by atoms with Crippen LogP contribution >= 0.6 is 0 Å². The fourth-order valence-corrected chi connectivity index (χ4v) is 2.84. The molecular weight excluding hydrogens is 357 g/mol. The number of carbonyl (C=O) groups excluding carboxylic acids is 2. The Bertz CT molecular complexity index is 893. The highest BCUT2D eigenvalue weighted by atomic mass is 19.4. The first-order valence-electron chi connectivity index (χ1n) is 8.51. The van der Waals surface area contributed by atoms with Gasteiger partial charge in [-0.3, -0.25) is 9.59 Å². The molecule has 0 bridgehead atoms. The Morgan fingerprint density at radius 2 is 1.48 bits per heavy atom. The van der Waals surface area contributed by atoms with Crippen LogP contribution in [0.3, 0.4) is 0 Å². The number of alkyl halides is 3. The van der Waals surface area contributed by atoms with Gasteiger partial charge in [0.05, 0.1) is 17.4 Å². The number of hydrogen-bond acceptors (Lipinski definition) is 2. The summed E-state index contributed by atoms with van der Waals surface area (Å²) >= 11 is 0. The van der Waals surface area contributed by atoms with E-state index >= 15 is 0 Å². The number of carbonyl (C=O) groups is 2. The molecule has 3 rings (SSSR count). The monoisotopic (exact) mass is 376 g/mol. The normalized spacial score (nSPS) is 18.7. The smallest absolute Gasteiger partial charge is 0.326 e. The van der Waals surface area contributed by atoms with E-state index in [2.05, 4.69) is 10.6 Å². The molecular formula is C20H19F3N2O2. The summed E-state index contributed by atoms with van der Waals surface area (Å²) in [6.07, 6.45) is -4.10. The summed E-state index contributed by atoms with van der Waals surface area (Å²) in [5.74, 6) is -1.72. The summed E-state index contributed by atoms with van der Waals surface area (Å²) in [7, 11) is 0. The van der Waals surface area contributed by atoms with E-state index in [0.717, 1.165) is 23.3 Å². The van der Waals surface area contributed by atoms with E-state index < -0.39 is 29.5 Å². The number of amides is 2. The molecule has 2 atom stereocenters. The molecule has 1 fully saturated rings. The van der Waals surface area contributed by atoms with Crippen LogP contribution in [0, 0.1) is 25.7 Å². The van der Waals surface area contributed by atoms with E-state index in [1.54, 1.807) is 6.07 Å². The number of anilines is 2. The van der Waals surface area contributed by atoms with Crippen molar-refractivity contribution in [2.24, 2.45) is 11.8 Å². The summed E-state index contributed by atoms with van der Waals surface area (Å²) in [5, 5.41) is 5.24. The number of benzene rings is 2. The molecule has 0 spiro atoms. The molecule has 2 amide bonds. The van der Waals surface area contributed by atoms with E-state index in [9.17, 15) is 22.8 Å². The molecule has 0 aromatic heterocycles. The van der Waals surface area contributed by atoms with E-state index in [-0.39, 0.29) is 11.6 Å². The fourth-order valence-electron chi connectivity index (χ4n) is 2.84. The van der Waals surface area contributed by atoms with Crippen LogP contribution in [0.4, 0.5) is 24.5 Å². The quantitative estimate of drug-likeness (QED) is 0.823. The van der Waals surface area contributed by atoms with E-state index in [1.165, 1.54) is 12.1 Å². The van der Waals surface area contributed by atoms with Gasteiger partial charge in [-0.1, -0.05) is 12.1 Å². The molecule has 4 nitrogen and oxygen atoms in total. The van der Waals surface area contributed by atoms with Crippen molar-refractivity contribution in [2.45, 2.75) is 26.4 Å². The Morgan fingerprint density at radius 1 is 0.889 bits per heavy atom. The average molecular weight is 376 g/mol. The van der Waals surface area contributed by atoms with Gasteiger partial charge in [0.15, 0.2) is 0 Å². The Kier molecular flexibility index (Phi) is 4.95. The second-order valence-electron chi connectivity index (χ2n) is 6.80. The number of rotatable bonds is 4. The number of hydrogen-bond donors (Lipinski definition) is 2. The second kappa shape index (κ2) is 7.06. The molecule has 0 radical (unpaired) electrons. The standard InChI is InChI=1S/C20H19F3N2O2/c1-11-6-7-15(8-12(11)2)25-19(27)17-10-16(17)18(26)24-14-5-3-4-13(9-14)20(21,22)23/h3-9,16-17H,10H2,1-2H3,(H,24,26)(H,25,27). The molecule has 2 unspecified atom stereocenters. The second-order valence-corrected chi connectivity index (χ2v) is 6.80. The number of aryl methyl sites for hydroxylation is 2. The van der Waals surface area contributed by atoms with Gasteiger partial charge in [-0.15, -0.1) is 0 Å². The molecule has 27 heavy (non-hydrogen) atoms. The van der Waals surface area contributed by atoms with Crippen LogP contribution in [0.25, 0.3) is 0 Å². The fraction of sp³-hybridized carbons (Fsp3) is 0.300. The van der Waals surface area contributed by atoms with Crippen molar-refractivity contribution in [1.29, 1.82) is 0 Å². The largest absolute Gasteiger partial charge is 0.416 e. The van der Waals surface area contributed by atoms with Crippen LogP contribution in [0.5, 0.6) is 0 Å². The molecule has 0 saturated heterocycles. The average Bonchev–Trinajstić information content (AvgIpc) is 3.39. The van der Waals surface area contributed by atoms with Crippen molar-refractivity contribution in [1.82, 2.24) is 0 Å². The maximum atomic E-state index is 12.7. The van der Waals surface area contributed by atoms with Gasteiger partial charge in [-0.25, -0.2) is 0 Å². The van der Waals surface area contributed by atoms with Crippen LogP contribution in [0.2, 0.25) is 0 Å². The molecule has 1 aliphatic rings. The highest BCUT2D eigenvalue weighted by Crippen LogP contribution is 2.40. The lowest BCUT2D eigenvalue weighted by Gasteiger charge is -2.10. The van der Waals surface area contributed by atoms with Crippen LogP contribution in [-0.2, 0) is 15.8 Å². The van der Waals surface area contributed by atoms with Crippen molar-refractivity contribution >= 4 is 23.2 Å². The van der Waals surface area contributed by atoms with Gasteiger partial charge in [-0.2, -0.15) is 13.2 Å². The van der Waals surface area contributed by atoms with Crippen molar-refractivity contribution in [3.63, 3.8) is 0 Å². The third kappa shape index (κ3) is 4.48. The van der Waals surface area contributed by atoms with Crippen molar-refractivity contribution in [3.05, 3.63) is 59.2 Å². The lowest BCUT2D eigenvalue weighted by Crippen LogP contribution is -2.20. The molecule has 0 heterocycles. The Morgan fingerprint density at radius 3 is 2.04 bits per heavy atom. The van der Waals surface area contributed by atoms with Crippen LogP contribution < -0.4 is 10.6 Å². The van der Waals surface area contributed by atoms with E-state index in [4.69, 9.17) is 0 Å². The van der Waals surface area contributed by atoms with E-state index in [0.29, 0.717) is 12.1 Å². The summed E-state index contributed by atoms with van der Waals surface area (Å²) in [4.78, 5) is 24.5. The van der Waals surface area contributed by atoms with Crippen LogP contribution in [-0.4, -0.2) is 11.8 Å². The molecule has 142 valence electrons. The van der Waals surface area contributed by atoms with Crippen molar-refractivity contribution in [3.8, 4) is 0 Å². The first-order valence-corrected chi connectivity index (χ1v) is 8.51. The van der Waals surface area contributed by atoms with Gasteiger partial charge < -0.3 is 10.6 Å². The Balaban J connectivity index is 1.58. The molecule has 0 aliphatic heterocycles. The molecule has 7 heteroatoms. The zero-order chi connectivity index (χ0) is 19.8. The van der Waals surface area contributed by atoms with Crippen molar-refractivity contribution < 1.29 is 22.8 Å². The van der Waals surface area contributed by atoms with Gasteiger partial charge in [-0.05, 0) is 61.7 Å². The first-order chi connectivity index (χ1) is 12.6.